The van der Waals surface area contributed by atoms with Crippen molar-refractivity contribution >= 4 is 11.8 Å². The van der Waals surface area contributed by atoms with E-state index in [0.717, 1.165) is 12.8 Å². The topological polar surface area (TPSA) is 84.7 Å². The van der Waals surface area contributed by atoms with Crippen LogP contribution in [0.25, 0.3) is 0 Å². The van der Waals surface area contributed by atoms with E-state index in [2.05, 4.69) is 12.2 Å². The second kappa shape index (κ2) is 6.75. The maximum atomic E-state index is 12.4. The maximum absolute atomic E-state index is 12.4. The quantitative estimate of drug-likeness (QED) is 0.782. The average Bonchev–Trinajstić information content (AvgIpc) is 2.47. The highest BCUT2D eigenvalue weighted by atomic mass is 16.5. The van der Waals surface area contributed by atoms with Crippen LogP contribution >= 0.6 is 0 Å². The molecule has 3 N–H and O–H groups in total. The van der Waals surface area contributed by atoms with Gasteiger partial charge in [0, 0.05) is 13.1 Å². The molecule has 2 aliphatic rings. The van der Waals surface area contributed by atoms with Crippen LogP contribution in [-0.4, -0.2) is 54.6 Å². The van der Waals surface area contributed by atoms with Crippen molar-refractivity contribution in [1.29, 1.82) is 0 Å². The van der Waals surface area contributed by atoms with Crippen LogP contribution in [0.1, 0.15) is 39.5 Å². The van der Waals surface area contributed by atoms with Gasteiger partial charge in [0.15, 0.2) is 0 Å². The molecule has 120 valence electrons. The molecule has 2 fully saturated rings. The van der Waals surface area contributed by atoms with Gasteiger partial charge in [-0.05, 0) is 25.7 Å². The van der Waals surface area contributed by atoms with Gasteiger partial charge in [0.2, 0.25) is 11.8 Å². The van der Waals surface area contributed by atoms with Crippen LogP contribution in [0.3, 0.4) is 0 Å². The van der Waals surface area contributed by atoms with Crippen LogP contribution in [0.2, 0.25) is 0 Å². The highest BCUT2D eigenvalue weighted by Gasteiger charge is 2.39. The lowest BCUT2D eigenvalue weighted by Crippen LogP contribution is -2.60. The second-order valence-corrected chi connectivity index (χ2v) is 6.49. The second-order valence-electron chi connectivity index (χ2n) is 6.49. The standard InChI is InChI=1S/C15H27N3O3/c1-11-4-3-5-15(16,10-11)14(20)17-12(2)13(19)18-6-8-21-9-7-18/h11-12H,3-10,16H2,1-2H3,(H,17,20). The van der Waals surface area contributed by atoms with E-state index in [1.54, 1.807) is 11.8 Å². The summed E-state index contributed by atoms with van der Waals surface area (Å²) in [4.78, 5) is 26.5. The fraction of sp³-hybridized carbons (Fsp3) is 0.867. The highest BCUT2D eigenvalue weighted by Crippen LogP contribution is 2.30. The summed E-state index contributed by atoms with van der Waals surface area (Å²) in [7, 11) is 0. The van der Waals surface area contributed by atoms with Crippen molar-refractivity contribution in [2.24, 2.45) is 11.7 Å². The van der Waals surface area contributed by atoms with Gasteiger partial charge in [-0.15, -0.1) is 0 Å². The normalized spacial score (nSPS) is 31.6. The Bertz CT molecular complexity index is 396. The largest absolute Gasteiger partial charge is 0.378 e. The van der Waals surface area contributed by atoms with E-state index in [4.69, 9.17) is 10.5 Å². The number of carbonyl (C=O) groups excluding carboxylic acids is 2. The van der Waals surface area contributed by atoms with Gasteiger partial charge in [0.1, 0.15) is 6.04 Å². The molecule has 3 unspecified atom stereocenters. The van der Waals surface area contributed by atoms with E-state index in [1.807, 2.05) is 0 Å². The first-order valence-corrected chi connectivity index (χ1v) is 7.89. The first-order valence-electron chi connectivity index (χ1n) is 7.89. The van der Waals surface area contributed by atoms with E-state index < -0.39 is 11.6 Å². The lowest BCUT2D eigenvalue weighted by atomic mass is 9.76. The molecular weight excluding hydrogens is 270 g/mol. The molecule has 0 radical (unpaired) electrons. The molecule has 0 aromatic rings. The van der Waals surface area contributed by atoms with E-state index in [0.29, 0.717) is 45.1 Å². The van der Waals surface area contributed by atoms with Gasteiger partial charge in [-0.3, -0.25) is 9.59 Å². The van der Waals surface area contributed by atoms with E-state index in [9.17, 15) is 9.59 Å². The van der Waals surface area contributed by atoms with Crippen LogP contribution in [0, 0.1) is 5.92 Å². The Morgan fingerprint density at radius 1 is 1.38 bits per heavy atom. The van der Waals surface area contributed by atoms with Crippen LogP contribution in [0.4, 0.5) is 0 Å². The predicted molar refractivity (Wildman–Crippen MR) is 79.6 cm³/mol. The molecule has 1 heterocycles. The molecular formula is C15H27N3O3. The number of nitrogens with one attached hydrogen (secondary N) is 1. The maximum Gasteiger partial charge on any atom is 0.245 e. The zero-order chi connectivity index (χ0) is 15.5. The molecule has 21 heavy (non-hydrogen) atoms. The summed E-state index contributed by atoms with van der Waals surface area (Å²) < 4.78 is 5.23. The number of amides is 2. The molecule has 2 amide bonds. The average molecular weight is 297 g/mol. The fourth-order valence-electron chi connectivity index (χ4n) is 3.26. The fourth-order valence-corrected chi connectivity index (χ4v) is 3.26. The van der Waals surface area contributed by atoms with Crippen molar-refractivity contribution in [3.05, 3.63) is 0 Å². The minimum Gasteiger partial charge on any atom is -0.378 e. The van der Waals surface area contributed by atoms with Gasteiger partial charge >= 0.3 is 0 Å². The van der Waals surface area contributed by atoms with Crippen LogP contribution < -0.4 is 11.1 Å². The highest BCUT2D eigenvalue weighted by molar-refractivity contribution is 5.91. The predicted octanol–water partition coefficient (Wildman–Crippen LogP) is 0.258. The van der Waals surface area contributed by atoms with Gasteiger partial charge in [-0.1, -0.05) is 19.8 Å². The van der Waals surface area contributed by atoms with Gasteiger partial charge in [0.25, 0.3) is 0 Å². The summed E-state index contributed by atoms with van der Waals surface area (Å²) in [5.74, 6) is 0.210. The number of hydrogen-bond acceptors (Lipinski definition) is 4. The Hall–Kier alpha value is -1.14. The van der Waals surface area contributed by atoms with E-state index >= 15 is 0 Å². The summed E-state index contributed by atoms with van der Waals surface area (Å²) in [6, 6.07) is -0.534. The number of nitrogens with zero attached hydrogens (tertiary/aromatic N) is 1. The zero-order valence-electron chi connectivity index (χ0n) is 13.1. The first-order chi connectivity index (χ1) is 9.92. The summed E-state index contributed by atoms with van der Waals surface area (Å²) in [5, 5.41) is 2.81. The smallest absolute Gasteiger partial charge is 0.245 e. The third-order valence-corrected chi connectivity index (χ3v) is 4.53. The molecule has 6 heteroatoms. The van der Waals surface area contributed by atoms with Gasteiger partial charge < -0.3 is 20.7 Å². The number of ether oxygens (including phenoxy) is 1. The van der Waals surface area contributed by atoms with Crippen molar-refractivity contribution in [3.63, 3.8) is 0 Å². The number of carbonyl (C=O) groups is 2. The van der Waals surface area contributed by atoms with Crippen molar-refractivity contribution in [3.8, 4) is 0 Å². The molecule has 0 spiro atoms. The van der Waals surface area contributed by atoms with Gasteiger partial charge in [-0.2, -0.15) is 0 Å². The number of morpholine rings is 1. The molecule has 3 atom stereocenters. The van der Waals surface area contributed by atoms with Crippen LogP contribution in [0.15, 0.2) is 0 Å². The Kier molecular flexibility index (Phi) is 5.22. The van der Waals surface area contributed by atoms with Crippen LogP contribution in [-0.2, 0) is 14.3 Å². The van der Waals surface area contributed by atoms with Gasteiger partial charge in [0.05, 0.1) is 18.8 Å². The van der Waals surface area contributed by atoms with Crippen molar-refractivity contribution < 1.29 is 14.3 Å². The Morgan fingerprint density at radius 2 is 2.05 bits per heavy atom. The Balaban J connectivity index is 1.90. The Labute approximate surface area is 126 Å². The SMILES string of the molecule is CC1CCCC(N)(C(=O)NC(C)C(=O)N2CCOCC2)C1. The van der Waals surface area contributed by atoms with Gasteiger partial charge in [-0.25, -0.2) is 0 Å². The summed E-state index contributed by atoms with van der Waals surface area (Å²) >= 11 is 0. The molecule has 1 saturated carbocycles. The summed E-state index contributed by atoms with van der Waals surface area (Å²) in [6.45, 7) is 6.14. The van der Waals surface area contributed by atoms with E-state index in [-0.39, 0.29) is 11.8 Å². The van der Waals surface area contributed by atoms with Crippen molar-refractivity contribution in [2.75, 3.05) is 26.3 Å². The number of hydrogen-bond donors (Lipinski definition) is 2. The molecule has 6 nitrogen and oxygen atoms in total. The first kappa shape index (κ1) is 16.2. The summed E-state index contributed by atoms with van der Waals surface area (Å²) in [5.41, 5.74) is 5.44. The Morgan fingerprint density at radius 3 is 2.67 bits per heavy atom. The molecule has 0 bridgehead atoms. The minimum atomic E-state index is -0.822. The number of nitrogens with two attached hydrogens (primary N) is 1. The lowest BCUT2D eigenvalue weighted by Gasteiger charge is -2.36. The summed E-state index contributed by atoms with van der Waals surface area (Å²) in [6.07, 6.45) is 3.48. The molecule has 2 rings (SSSR count). The third kappa shape index (κ3) is 3.95. The molecule has 0 aromatic carbocycles. The molecule has 0 aromatic heterocycles. The lowest BCUT2D eigenvalue weighted by molar-refractivity contribution is -0.140. The monoisotopic (exact) mass is 297 g/mol. The molecule has 1 saturated heterocycles. The molecule has 1 aliphatic carbocycles. The number of rotatable bonds is 3. The van der Waals surface area contributed by atoms with Crippen molar-refractivity contribution in [2.45, 2.75) is 51.1 Å². The zero-order valence-corrected chi connectivity index (χ0v) is 13.1. The van der Waals surface area contributed by atoms with Crippen LogP contribution in [0.5, 0.6) is 0 Å². The van der Waals surface area contributed by atoms with Crippen molar-refractivity contribution in [1.82, 2.24) is 10.2 Å². The minimum absolute atomic E-state index is 0.0564. The van der Waals surface area contributed by atoms with E-state index in [1.165, 1.54) is 0 Å². The molecule has 1 aliphatic heterocycles. The third-order valence-electron chi connectivity index (χ3n) is 4.53.